The summed E-state index contributed by atoms with van der Waals surface area (Å²) in [6.07, 6.45) is 0. The number of hydrogen-bond donors (Lipinski definition) is 1. The van der Waals surface area contributed by atoms with E-state index < -0.39 is 0 Å². The number of hydrogen-bond acceptors (Lipinski definition) is 3. The molecule has 28 heavy (non-hydrogen) atoms. The summed E-state index contributed by atoms with van der Waals surface area (Å²) >= 11 is 9.39. The Labute approximate surface area is 175 Å². The van der Waals surface area contributed by atoms with E-state index in [1.165, 1.54) is 0 Å². The van der Waals surface area contributed by atoms with Crippen molar-refractivity contribution in [3.8, 4) is 17.1 Å². The minimum absolute atomic E-state index is 0.0776. The van der Waals surface area contributed by atoms with Crippen molar-refractivity contribution in [3.63, 3.8) is 0 Å². The number of nitrogens with one attached hydrogen (secondary N) is 1. The zero-order valence-corrected chi connectivity index (χ0v) is 16.9. The highest BCUT2D eigenvalue weighted by Gasteiger charge is 2.19. The first-order chi connectivity index (χ1) is 13.6. The predicted octanol–water partition coefficient (Wildman–Crippen LogP) is 5.60. The van der Waals surface area contributed by atoms with Crippen LogP contribution in [0.15, 0.2) is 83.3 Å². The van der Waals surface area contributed by atoms with E-state index in [1.54, 1.807) is 22.9 Å². The average molecular weight is 454 g/mol. The molecule has 0 fully saturated rings. The van der Waals surface area contributed by atoms with Gasteiger partial charge in [0.25, 0.3) is 5.91 Å². The van der Waals surface area contributed by atoms with Crippen LogP contribution >= 0.6 is 27.5 Å². The molecule has 0 saturated heterocycles. The number of amides is 1. The average Bonchev–Trinajstić information content (AvgIpc) is 3.15. The third-order valence-electron chi connectivity index (χ3n) is 4.00. The Kier molecular flexibility index (Phi) is 5.23. The SMILES string of the molecule is O=C(Nc1cccc(Br)c1)c1nc(-c2ccccc2)n(-c2ccc(Cl)cc2)n1. The molecule has 7 heteroatoms. The lowest BCUT2D eigenvalue weighted by molar-refractivity contribution is 0.101. The summed E-state index contributed by atoms with van der Waals surface area (Å²) in [6, 6.07) is 24.2. The van der Waals surface area contributed by atoms with Crippen LogP contribution in [0.5, 0.6) is 0 Å². The van der Waals surface area contributed by atoms with Crippen molar-refractivity contribution in [2.75, 3.05) is 5.32 Å². The normalized spacial score (nSPS) is 10.6. The third kappa shape index (κ3) is 3.98. The zero-order chi connectivity index (χ0) is 19.5. The Balaban J connectivity index is 1.74. The molecule has 1 amide bonds. The van der Waals surface area contributed by atoms with Crippen LogP contribution in [0.2, 0.25) is 5.02 Å². The lowest BCUT2D eigenvalue weighted by Crippen LogP contribution is -2.14. The van der Waals surface area contributed by atoms with E-state index in [9.17, 15) is 4.79 Å². The van der Waals surface area contributed by atoms with Crippen LogP contribution < -0.4 is 5.32 Å². The monoisotopic (exact) mass is 452 g/mol. The molecule has 3 aromatic carbocycles. The minimum Gasteiger partial charge on any atom is -0.319 e. The molecule has 0 unspecified atom stereocenters. The topological polar surface area (TPSA) is 59.8 Å². The summed E-state index contributed by atoms with van der Waals surface area (Å²) < 4.78 is 2.51. The van der Waals surface area contributed by atoms with E-state index in [0.29, 0.717) is 16.5 Å². The van der Waals surface area contributed by atoms with Gasteiger partial charge in [0.2, 0.25) is 5.82 Å². The van der Waals surface area contributed by atoms with Gasteiger partial charge in [-0.15, -0.1) is 5.10 Å². The van der Waals surface area contributed by atoms with Crippen molar-refractivity contribution in [1.82, 2.24) is 14.8 Å². The fourth-order valence-electron chi connectivity index (χ4n) is 2.70. The molecule has 4 aromatic rings. The molecule has 0 radical (unpaired) electrons. The van der Waals surface area contributed by atoms with Crippen LogP contribution in [-0.2, 0) is 0 Å². The molecule has 1 aromatic heterocycles. The van der Waals surface area contributed by atoms with Gasteiger partial charge in [0.15, 0.2) is 5.82 Å². The molecular formula is C21H14BrClN4O. The summed E-state index contributed by atoms with van der Waals surface area (Å²) in [5.41, 5.74) is 2.27. The van der Waals surface area contributed by atoms with Crippen LogP contribution in [0.3, 0.4) is 0 Å². The fraction of sp³-hybridized carbons (Fsp3) is 0. The first-order valence-corrected chi connectivity index (χ1v) is 9.62. The van der Waals surface area contributed by atoms with Crippen LogP contribution in [0.25, 0.3) is 17.1 Å². The quantitative estimate of drug-likeness (QED) is 0.437. The van der Waals surface area contributed by atoms with Gasteiger partial charge in [-0.2, -0.15) is 0 Å². The van der Waals surface area contributed by atoms with Crippen LogP contribution in [-0.4, -0.2) is 20.7 Å². The van der Waals surface area contributed by atoms with E-state index in [0.717, 1.165) is 15.7 Å². The second-order valence-electron chi connectivity index (χ2n) is 5.98. The van der Waals surface area contributed by atoms with Gasteiger partial charge in [-0.25, -0.2) is 9.67 Å². The molecular weight excluding hydrogens is 440 g/mol. The number of benzene rings is 3. The van der Waals surface area contributed by atoms with Gasteiger partial charge < -0.3 is 5.32 Å². The molecule has 0 aliphatic rings. The maximum Gasteiger partial charge on any atom is 0.295 e. The Morgan fingerprint density at radius 2 is 1.71 bits per heavy atom. The Morgan fingerprint density at radius 3 is 2.43 bits per heavy atom. The number of aromatic nitrogens is 3. The highest BCUT2D eigenvalue weighted by atomic mass is 79.9. The van der Waals surface area contributed by atoms with E-state index >= 15 is 0 Å². The van der Waals surface area contributed by atoms with Gasteiger partial charge in [-0.3, -0.25) is 4.79 Å². The van der Waals surface area contributed by atoms with Crippen molar-refractivity contribution in [1.29, 1.82) is 0 Å². The minimum atomic E-state index is -0.386. The molecule has 0 spiro atoms. The third-order valence-corrected chi connectivity index (χ3v) is 4.74. The van der Waals surface area contributed by atoms with E-state index in [4.69, 9.17) is 11.6 Å². The summed E-state index contributed by atoms with van der Waals surface area (Å²) in [4.78, 5) is 17.2. The van der Waals surface area contributed by atoms with Gasteiger partial charge >= 0.3 is 0 Å². The number of halogens is 2. The van der Waals surface area contributed by atoms with E-state index in [2.05, 4.69) is 31.3 Å². The van der Waals surface area contributed by atoms with Gasteiger partial charge in [-0.1, -0.05) is 63.9 Å². The second kappa shape index (κ2) is 7.96. The molecule has 4 rings (SSSR count). The molecule has 138 valence electrons. The van der Waals surface area contributed by atoms with Crippen molar-refractivity contribution in [2.45, 2.75) is 0 Å². The summed E-state index contributed by atoms with van der Waals surface area (Å²) in [6.45, 7) is 0. The zero-order valence-electron chi connectivity index (χ0n) is 14.5. The number of rotatable bonds is 4. The van der Waals surface area contributed by atoms with Crippen molar-refractivity contribution < 1.29 is 4.79 Å². The standard InChI is InChI=1S/C21H14BrClN4O/c22-15-7-4-8-17(13-15)24-21(28)19-25-20(14-5-2-1-3-6-14)27(26-19)18-11-9-16(23)10-12-18/h1-13H,(H,24,28). The molecule has 5 nitrogen and oxygen atoms in total. The number of carbonyl (C=O) groups is 1. The van der Waals surface area contributed by atoms with Crippen molar-refractivity contribution in [2.24, 2.45) is 0 Å². The lowest BCUT2D eigenvalue weighted by Gasteiger charge is -2.05. The number of carbonyl (C=O) groups excluding carboxylic acids is 1. The number of anilines is 1. The maximum atomic E-state index is 12.7. The second-order valence-corrected chi connectivity index (χ2v) is 7.33. The van der Waals surface area contributed by atoms with Crippen LogP contribution in [0.1, 0.15) is 10.6 Å². The molecule has 1 heterocycles. The van der Waals surface area contributed by atoms with Gasteiger partial charge in [0.1, 0.15) is 0 Å². The van der Waals surface area contributed by atoms with Crippen LogP contribution in [0.4, 0.5) is 5.69 Å². The molecule has 0 aliphatic carbocycles. The molecule has 0 saturated carbocycles. The van der Waals surface area contributed by atoms with Crippen molar-refractivity contribution in [3.05, 3.63) is 94.2 Å². The predicted molar refractivity (Wildman–Crippen MR) is 114 cm³/mol. The summed E-state index contributed by atoms with van der Waals surface area (Å²) in [5.74, 6) is 0.263. The highest BCUT2D eigenvalue weighted by molar-refractivity contribution is 9.10. The lowest BCUT2D eigenvalue weighted by atomic mass is 10.2. The smallest absolute Gasteiger partial charge is 0.295 e. The molecule has 0 atom stereocenters. The molecule has 1 N–H and O–H groups in total. The van der Waals surface area contributed by atoms with Gasteiger partial charge in [0, 0.05) is 20.7 Å². The summed E-state index contributed by atoms with van der Waals surface area (Å²) in [5, 5.41) is 7.89. The fourth-order valence-corrected chi connectivity index (χ4v) is 3.22. The Bertz CT molecular complexity index is 1130. The van der Waals surface area contributed by atoms with E-state index in [1.807, 2.05) is 60.7 Å². The number of nitrogens with zero attached hydrogens (tertiary/aromatic N) is 3. The van der Waals surface area contributed by atoms with E-state index in [-0.39, 0.29) is 11.7 Å². The molecule has 0 aliphatic heterocycles. The van der Waals surface area contributed by atoms with Crippen molar-refractivity contribution >= 4 is 39.1 Å². The van der Waals surface area contributed by atoms with Gasteiger partial charge in [0.05, 0.1) is 5.69 Å². The molecule has 0 bridgehead atoms. The summed E-state index contributed by atoms with van der Waals surface area (Å²) in [7, 11) is 0. The Morgan fingerprint density at radius 1 is 0.964 bits per heavy atom. The largest absolute Gasteiger partial charge is 0.319 e. The maximum absolute atomic E-state index is 12.7. The first kappa shape index (κ1) is 18.4. The highest BCUT2D eigenvalue weighted by Crippen LogP contribution is 2.23. The first-order valence-electron chi connectivity index (χ1n) is 8.45. The Hall–Kier alpha value is -2.96. The van der Waals surface area contributed by atoms with Gasteiger partial charge in [-0.05, 0) is 42.5 Å². The van der Waals surface area contributed by atoms with Crippen LogP contribution in [0, 0.1) is 0 Å².